The molecule has 0 aliphatic carbocycles. The van der Waals surface area contributed by atoms with Crippen LogP contribution >= 0.6 is 0 Å². The normalized spacial score (nSPS) is 17.2. The van der Waals surface area contributed by atoms with Gasteiger partial charge in [-0.15, -0.1) is 0 Å². The molecule has 7 heteroatoms. The van der Waals surface area contributed by atoms with E-state index in [0.717, 1.165) is 38.3 Å². The van der Waals surface area contributed by atoms with E-state index in [1.54, 1.807) is 0 Å². The Morgan fingerprint density at radius 2 is 1.62 bits per heavy atom. The average Bonchev–Trinajstić information content (AvgIpc) is 2.67. The fourth-order valence-electron chi connectivity index (χ4n) is 3.12. The van der Waals surface area contributed by atoms with Crippen molar-refractivity contribution in [3.63, 3.8) is 0 Å². The van der Waals surface area contributed by atoms with E-state index < -0.39 is 15.8 Å². The first-order chi connectivity index (χ1) is 12.5. The summed E-state index contributed by atoms with van der Waals surface area (Å²) in [4.78, 5) is 4.71. The first-order valence-electron chi connectivity index (χ1n) is 8.75. The molecule has 1 aliphatic rings. The van der Waals surface area contributed by atoms with Crippen molar-refractivity contribution in [2.75, 3.05) is 37.6 Å². The number of halogens is 1. The molecule has 0 radical (unpaired) electrons. The third kappa shape index (κ3) is 4.60. The van der Waals surface area contributed by atoms with Gasteiger partial charge in [-0.1, -0.05) is 18.2 Å². The summed E-state index contributed by atoms with van der Waals surface area (Å²) in [6.07, 6.45) is 0. The molecule has 0 aromatic heterocycles. The van der Waals surface area contributed by atoms with Crippen molar-refractivity contribution >= 4 is 15.7 Å². The summed E-state index contributed by atoms with van der Waals surface area (Å²) in [5.41, 5.74) is 1.22. The van der Waals surface area contributed by atoms with Gasteiger partial charge in [0.15, 0.2) is 0 Å². The molecular weight excluding hydrogens is 353 g/mol. The van der Waals surface area contributed by atoms with E-state index in [2.05, 4.69) is 26.7 Å². The Bertz CT molecular complexity index is 804. The summed E-state index contributed by atoms with van der Waals surface area (Å²) in [5.74, 6) is -0.450. The van der Waals surface area contributed by atoms with E-state index in [1.807, 2.05) is 25.1 Å². The average molecular weight is 377 g/mol. The highest BCUT2D eigenvalue weighted by Gasteiger charge is 2.23. The Labute approximate surface area is 154 Å². The number of nitrogens with zero attached hydrogens (tertiary/aromatic N) is 2. The van der Waals surface area contributed by atoms with Crippen LogP contribution in [0.3, 0.4) is 0 Å². The number of benzene rings is 2. The number of anilines is 1. The topological polar surface area (TPSA) is 52.7 Å². The Morgan fingerprint density at radius 3 is 2.23 bits per heavy atom. The molecule has 2 aromatic carbocycles. The third-order valence-electron chi connectivity index (χ3n) is 4.75. The summed E-state index contributed by atoms with van der Waals surface area (Å²) in [6, 6.07) is 15.2. The molecule has 1 heterocycles. The van der Waals surface area contributed by atoms with Gasteiger partial charge in [0.05, 0.1) is 4.90 Å². The van der Waals surface area contributed by atoms with E-state index in [0.29, 0.717) is 6.54 Å². The highest BCUT2D eigenvalue weighted by molar-refractivity contribution is 7.89. The minimum Gasteiger partial charge on any atom is -0.369 e. The monoisotopic (exact) mass is 377 g/mol. The standard InChI is InChI=1S/C19H24FN3O2S/c1-16(15-21-26(24,25)19-9-7-17(20)8-10-19)22-11-13-23(14-12-22)18-5-3-2-4-6-18/h2-10,16,21H,11-15H2,1H3. The van der Waals surface area contributed by atoms with Gasteiger partial charge in [-0.2, -0.15) is 0 Å². The summed E-state index contributed by atoms with van der Waals surface area (Å²) in [6.45, 7) is 5.94. The molecule has 0 saturated carbocycles. The molecule has 140 valence electrons. The molecule has 0 amide bonds. The van der Waals surface area contributed by atoms with Crippen LogP contribution in [0.4, 0.5) is 10.1 Å². The van der Waals surface area contributed by atoms with Crippen LogP contribution in [0, 0.1) is 5.82 Å². The number of hydrogen-bond donors (Lipinski definition) is 1. The molecule has 0 bridgehead atoms. The quantitative estimate of drug-likeness (QED) is 0.839. The SMILES string of the molecule is CC(CNS(=O)(=O)c1ccc(F)cc1)N1CCN(c2ccccc2)CC1. The van der Waals surface area contributed by atoms with Crippen LogP contribution in [0.5, 0.6) is 0 Å². The van der Waals surface area contributed by atoms with Crippen molar-refractivity contribution in [1.82, 2.24) is 9.62 Å². The Morgan fingerprint density at radius 1 is 1.00 bits per heavy atom. The van der Waals surface area contributed by atoms with Crippen molar-refractivity contribution < 1.29 is 12.8 Å². The molecule has 1 unspecified atom stereocenters. The van der Waals surface area contributed by atoms with Crippen molar-refractivity contribution in [2.24, 2.45) is 0 Å². The Balaban J connectivity index is 1.51. The van der Waals surface area contributed by atoms with Crippen molar-refractivity contribution in [3.8, 4) is 0 Å². The molecule has 0 spiro atoms. The predicted octanol–water partition coefficient (Wildman–Crippen LogP) is 2.31. The second kappa shape index (κ2) is 8.16. The van der Waals surface area contributed by atoms with Crippen LogP contribution in [0.1, 0.15) is 6.92 Å². The van der Waals surface area contributed by atoms with E-state index in [9.17, 15) is 12.8 Å². The van der Waals surface area contributed by atoms with E-state index in [-0.39, 0.29) is 10.9 Å². The minimum absolute atomic E-state index is 0.0833. The van der Waals surface area contributed by atoms with Crippen molar-refractivity contribution in [1.29, 1.82) is 0 Å². The van der Waals surface area contributed by atoms with Crippen LogP contribution in [-0.2, 0) is 10.0 Å². The first kappa shape index (κ1) is 18.8. The van der Waals surface area contributed by atoms with Crippen molar-refractivity contribution in [3.05, 3.63) is 60.4 Å². The third-order valence-corrected chi connectivity index (χ3v) is 6.19. The summed E-state index contributed by atoms with van der Waals surface area (Å²) < 4.78 is 40.2. The lowest BCUT2D eigenvalue weighted by atomic mass is 10.2. The molecule has 5 nitrogen and oxygen atoms in total. The fraction of sp³-hybridized carbons (Fsp3) is 0.368. The molecule has 3 rings (SSSR count). The zero-order chi connectivity index (χ0) is 18.6. The fourth-order valence-corrected chi connectivity index (χ4v) is 4.24. The minimum atomic E-state index is -3.62. The van der Waals surface area contributed by atoms with Crippen LogP contribution in [-0.4, -0.2) is 52.1 Å². The zero-order valence-electron chi connectivity index (χ0n) is 14.8. The number of para-hydroxylation sites is 1. The van der Waals surface area contributed by atoms with Crippen molar-refractivity contribution in [2.45, 2.75) is 17.9 Å². The molecule has 1 saturated heterocycles. The van der Waals surface area contributed by atoms with E-state index in [4.69, 9.17) is 0 Å². The zero-order valence-corrected chi connectivity index (χ0v) is 15.6. The van der Waals surface area contributed by atoms with Gasteiger partial charge < -0.3 is 4.90 Å². The first-order valence-corrected chi connectivity index (χ1v) is 10.2. The molecule has 26 heavy (non-hydrogen) atoms. The highest BCUT2D eigenvalue weighted by Crippen LogP contribution is 2.17. The number of nitrogens with one attached hydrogen (secondary N) is 1. The van der Waals surface area contributed by atoms with Gasteiger partial charge in [-0.05, 0) is 43.3 Å². The molecule has 1 aliphatic heterocycles. The smallest absolute Gasteiger partial charge is 0.240 e. The van der Waals surface area contributed by atoms with Crippen LogP contribution < -0.4 is 9.62 Å². The molecular formula is C19H24FN3O2S. The predicted molar refractivity (Wildman–Crippen MR) is 101 cm³/mol. The van der Waals surface area contributed by atoms with E-state index in [1.165, 1.54) is 17.8 Å². The second-order valence-corrected chi connectivity index (χ2v) is 8.28. The molecule has 1 atom stereocenters. The lowest BCUT2D eigenvalue weighted by Gasteiger charge is -2.39. The Hall–Kier alpha value is -1.96. The number of sulfonamides is 1. The van der Waals surface area contributed by atoms with Gasteiger partial charge in [0.2, 0.25) is 10.0 Å². The largest absolute Gasteiger partial charge is 0.369 e. The van der Waals surface area contributed by atoms with Crippen LogP contribution in [0.2, 0.25) is 0 Å². The number of piperazine rings is 1. The second-order valence-electron chi connectivity index (χ2n) is 6.51. The lowest BCUT2D eigenvalue weighted by molar-refractivity contribution is 0.198. The van der Waals surface area contributed by atoms with Gasteiger partial charge in [-0.25, -0.2) is 17.5 Å². The maximum absolute atomic E-state index is 13.0. The van der Waals surface area contributed by atoms with Crippen LogP contribution in [0.15, 0.2) is 59.5 Å². The summed E-state index contributed by atoms with van der Waals surface area (Å²) in [5, 5.41) is 0. The Kier molecular flexibility index (Phi) is 5.90. The van der Waals surface area contributed by atoms with Crippen LogP contribution in [0.25, 0.3) is 0 Å². The maximum Gasteiger partial charge on any atom is 0.240 e. The highest BCUT2D eigenvalue weighted by atomic mass is 32.2. The van der Waals surface area contributed by atoms with Gasteiger partial charge in [0.1, 0.15) is 5.82 Å². The summed E-state index contributed by atoms with van der Waals surface area (Å²) >= 11 is 0. The lowest BCUT2D eigenvalue weighted by Crippen LogP contribution is -2.52. The summed E-state index contributed by atoms with van der Waals surface area (Å²) in [7, 11) is -3.62. The maximum atomic E-state index is 13.0. The molecule has 1 fully saturated rings. The molecule has 2 aromatic rings. The van der Waals surface area contributed by atoms with Gasteiger partial charge in [0.25, 0.3) is 0 Å². The number of hydrogen-bond acceptors (Lipinski definition) is 4. The van der Waals surface area contributed by atoms with Gasteiger partial charge in [-0.3, -0.25) is 4.90 Å². The van der Waals surface area contributed by atoms with E-state index >= 15 is 0 Å². The molecule has 1 N–H and O–H groups in total. The van der Waals surface area contributed by atoms with Gasteiger partial charge in [0, 0.05) is 44.5 Å². The van der Waals surface area contributed by atoms with Gasteiger partial charge >= 0.3 is 0 Å². The number of rotatable bonds is 6.